The van der Waals surface area contributed by atoms with Crippen LogP contribution in [0.15, 0.2) is 48.8 Å². The molecule has 0 amide bonds. The molecule has 0 atom stereocenters. The first-order valence-corrected chi connectivity index (χ1v) is 5.43. The van der Waals surface area contributed by atoms with Gasteiger partial charge in [0, 0.05) is 18.8 Å². The third-order valence-electron chi connectivity index (χ3n) is 2.40. The van der Waals surface area contributed by atoms with E-state index in [1.165, 1.54) is 11.1 Å². The van der Waals surface area contributed by atoms with Gasteiger partial charge in [0.1, 0.15) is 5.75 Å². The molecule has 0 bridgehead atoms. The summed E-state index contributed by atoms with van der Waals surface area (Å²) in [5.41, 5.74) is 2.45. The first kappa shape index (κ1) is 10.7. The molecule has 16 heavy (non-hydrogen) atoms. The molecule has 0 aliphatic heterocycles. The Balaban J connectivity index is 1.82. The monoisotopic (exact) mass is 213 g/mol. The maximum Gasteiger partial charge on any atom is 0.119 e. The van der Waals surface area contributed by atoms with E-state index in [0.717, 1.165) is 12.2 Å². The van der Waals surface area contributed by atoms with E-state index in [0.29, 0.717) is 6.61 Å². The molecule has 2 rings (SSSR count). The lowest BCUT2D eigenvalue weighted by Gasteiger charge is -2.06. The highest BCUT2D eigenvalue weighted by Gasteiger charge is 1.95. The zero-order valence-electron chi connectivity index (χ0n) is 9.39. The summed E-state index contributed by atoms with van der Waals surface area (Å²) in [6.45, 7) is 2.76. The molecule has 0 aliphatic carbocycles. The Bertz CT molecular complexity index is 422. The maximum atomic E-state index is 5.64. The molecule has 0 spiro atoms. The number of benzene rings is 1. The molecule has 0 N–H and O–H groups in total. The second-order valence-corrected chi connectivity index (χ2v) is 3.77. The van der Waals surface area contributed by atoms with Crippen LogP contribution in [0.4, 0.5) is 0 Å². The number of aryl methyl sites for hydroxylation is 1. The number of hydrogen-bond donors (Lipinski definition) is 0. The van der Waals surface area contributed by atoms with E-state index >= 15 is 0 Å². The zero-order chi connectivity index (χ0) is 11.2. The Morgan fingerprint density at radius 2 is 1.94 bits per heavy atom. The Kier molecular flexibility index (Phi) is 3.54. The van der Waals surface area contributed by atoms with Crippen molar-refractivity contribution in [3.8, 4) is 5.75 Å². The van der Waals surface area contributed by atoms with Gasteiger partial charge < -0.3 is 4.74 Å². The summed E-state index contributed by atoms with van der Waals surface area (Å²) >= 11 is 0. The van der Waals surface area contributed by atoms with Crippen molar-refractivity contribution < 1.29 is 4.74 Å². The van der Waals surface area contributed by atoms with Gasteiger partial charge in [0.15, 0.2) is 0 Å². The average molecular weight is 213 g/mol. The van der Waals surface area contributed by atoms with Crippen molar-refractivity contribution in [2.24, 2.45) is 0 Å². The first-order chi connectivity index (χ1) is 7.84. The van der Waals surface area contributed by atoms with Gasteiger partial charge in [0.05, 0.1) is 6.61 Å². The van der Waals surface area contributed by atoms with Crippen LogP contribution in [0.1, 0.15) is 11.1 Å². The molecule has 82 valence electrons. The van der Waals surface area contributed by atoms with Gasteiger partial charge in [-0.15, -0.1) is 0 Å². The summed E-state index contributed by atoms with van der Waals surface area (Å²) in [6, 6.07) is 12.1. The maximum absolute atomic E-state index is 5.64. The lowest BCUT2D eigenvalue weighted by atomic mass is 10.2. The largest absolute Gasteiger partial charge is 0.493 e. The van der Waals surface area contributed by atoms with E-state index < -0.39 is 0 Å². The van der Waals surface area contributed by atoms with Gasteiger partial charge in [-0.3, -0.25) is 4.98 Å². The second kappa shape index (κ2) is 5.31. The molecule has 2 nitrogen and oxygen atoms in total. The molecule has 0 unspecified atom stereocenters. The highest BCUT2D eigenvalue weighted by molar-refractivity contribution is 5.26. The SMILES string of the molecule is Cc1ccc(OCCc2cccnc2)cc1. The van der Waals surface area contributed by atoms with Gasteiger partial charge in [0.25, 0.3) is 0 Å². The molecule has 1 aromatic carbocycles. The van der Waals surface area contributed by atoms with Crippen molar-refractivity contribution >= 4 is 0 Å². The molecule has 0 radical (unpaired) electrons. The molecule has 0 fully saturated rings. The molecule has 1 aromatic heterocycles. The van der Waals surface area contributed by atoms with Crippen LogP contribution in [-0.4, -0.2) is 11.6 Å². The van der Waals surface area contributed by atoms with Crippen LogP contribution in [0, 0.1) is 6.92 Å². The van der Waals surface area contributed by atoms with Crippen LogP contribution < -0.4 is 4.74 Å². The van der Waals surface area contributed by atoms with E-state index in [2.05, 4.69) is 30.1 Å². The van der Waals surface area contributed by atoms with Crippen LogP contribution in [-0.2, 0) is 6.42 Å². The van der Waals surface area contributed by atoms with E-state index in [1.54, 1.807) is 6.20 Å². The highest BCUT2D eigenvalue weighted by Crippen LogP contribution is 2.11. The molecule has 0 aliphatic rings. The van der Waals surface area contributed by atoms with E-state index in [-0.39, 0.29) is 0 Å². The standard InChI is InChI=1S/C14H15NO/c1-12-4-6-14(7-5-12)16-10-8-13-3-2-9-15-11-13/h2-7,9,11H,8,10H2,1H3. The van der Waals surface area contributed by atoms with Gasteiger partial charge in [-0.1, -0.05) is 23.8 Å². The quantitative estimate of drug-likeness (QED) is 0.778. The predicted molar refractivity (Wildman–Crippen MR) is 64.6 cm³/mol. The number of rotatable bonds is 4. The number of hydrogen-bond acceptors (Lipinski definition) is 2. The van der Waals surface area contributed by atoms with Crippen molar-refractivity contribution in [1.29, 1.82) is 0 Å². The minimum absolute atomic E-state index is 0.689. The van der Waals surface area contributed by atoms with Crippen molar-refractivity contribution in [3.05, 3.63) is 59.9 Å². The third-order valence-corrected chi connectivity index (χ3v) is 2.40. The molecule has 1 heterocycles. The predicted octanol–water partition coefficient (Wildman–Crippen LogP) is 3.01. The topological polar surface area (TPSA) is 22.1 Å². The normalized spacial score (nSPS) is 10.1. The number of aromatic nitrogens is 1. The number of nitrogens with zero attached hydrogens (tertiary/aromatic N) is 1. The fourth-order valence-corrected chi connectivity index (χ4v) is 1.47. The van der Waals surface area contributed by atoms with E-state index in [1.807, 2.05) is 24.4 Å². The summed E-state index contributed by atoms with van der Waals surface area (Å²) < 4.78 is 5.64. The van der Waals surface area contributed by atoms with Crippen molar-refractivity contribution in [1.82, 2.24) is 4.98 Å². The second-order valence-electron chi connectivity index (χ2n) is 3.77. The molecule has 0 saturated heterocycles. The van der Waals surface area contributed by atoms with Crippen LogP contribution in [0.25, 0.3) is 0 Å². The van der Waals surface area contributed by atoms with Gasteiger partial charge in [-0.05, 0) is 30.7 Å². The van der Waals surface area contributed by atoms with Gasteiger partial charge in [-0.2, -0.15) is 0 Å². The molecule has 2 heteroatoms. The third kappa shape index (κ3) is 3.09. The number of pyridine rings is 1. The number of ether oxygens (including phenoxy) is 1. The van der Waals surface area contributed by atoms with Gasteiger partial charge in [-0.25, -0.2) is 0 Å². The van der Waals surface area contributed by atoms with Crippen molar-refractivity contribution in [2.75, 3.05) is 6.61 Å². The lowest BCUT2D eigenvalue weighted by molar-refractivity contribution is 0.322. The first-order valence-electron chi connectivity index (χ1n) is 5.43. The lowest BCUT2D eigenvalue weighted by Crippen LogP contribution is -2.01. The zero-order valence-corrected chi connectivity index (χ0v) is 9.39. The minimum atomic E-state index is 0.689. The van der Waals surface area contributed by atoms with Gasteiger partial charge >= 0.3 is 0 Å². The molecule has 0 saturated carbocycles. The molecular formula is C14H15NO. The summed E-state index contributed by atoms with van der Waals surface area (Å²) in [4.78, 5) is 4.07. The summed E-state index contributed by atoms with van der Waals surface area (Å²) in [5.74, 6) is 0.925. The van der Waals surface area contributed by atoms with Crippen LogP contribution in [0.2, 0.25) is 0 Å². The van der Waals surface area contributed by atoms with E-state index in [4.69, 9.17) is 4.74 Å². The van der Waals surface area contributed by atoms with E-state index in [9.17, 15) is 0 Å². The molecule has 2 aromatic rings. The fourth-order valence-electron chi connectivity index (χ4n) is 1.47. The average Bonchev–Trinajstić information content (AvgIpc) is 2.33. The Hall–Kier alpha value is -1.83. The Labute approximate surface area is 95.9 Å². The summed E-state index contributed by atoms with van der Waals surface area (Å²) in [5, 5.41) is 0. The minimum Gasteiger partial charge on any atom is -0.493 e. The van der Waals surface area contributed by atoms with Crippen molar-refractivity contribution in [3.63, 3.8) is 0 Å². The van der Waals surface area contributed by atoms with Gasteiger partial charge in [0.2, 0.25) is 0 Å². The van der Waals surface area contributed by atoms with Crippen molar-refractivity contribution in [2.45, 2.75) is 13.3 Å². The highest BCUT2D eigenvalue weighted by atomic mass is 16.5. The van der Waals surface area contributed by atoms with Crippen LogP contribution in [0.5, 0.6) is 5.75 Å². The Morgan fingerprint density at radius 1 is 1.12 bits per heavy atom. The fraction of sp³-hybridized carbons (Fsp3) is 0.214. The molecular weight excluding hydrogens is 198 g/mol. The Morgan fingerprint density at radius 3 is 2.62 bits per heavy atom. The van der Waals surface area contributed by atoms with Crippen LogP contribution >= 0.6 is 0 Å². The summed E-state index contributed by atoms with van der Waals surface area (Å²) in [6.07, 6.45) is 4.55. The smallest absolute Gasteiger partial charge is 0.119 e. The summed E-state index contributed by atoms with van der Waals surface area (Å²) in [7, 11) is 0. The van der Waals surface area contributed by atoms with Crippen LogP contribution in [0.3, 0.4) is 0 Å².